The summed E-state index contributed by atoms with van der Waals surface area (Å²) in [7, 11) is 0. The average Bonchev–Trinajstić information content (AvgIpc) is 1.82. The van der Waals surface area contributed by atoms with Crippen molar-refractivity contribution in [3.8, 4) is 0 Å². The van der Waals surface area contributed by atoms with Gasteiger partial charge >= 0.3 is 51.4 Å². The van der Waals surface area contributed by atoms with Crippen LogP contribution in [0.3, 0.4) is 0 Å². The Bertz CT molecular complexity index is 99.6. The molecule has 1 unspecified atom stereocenters. The minimum atomic E-state index is -1.21. The van der Waals surface area contributed by atoms with Gasteiger partial charge in [-0.2, -0.15) is 0 Å². The van der Waals surface area contributed by atoms with Crippen molar-refractivity contribution in [1.29, 1.82) is 0 Å². The fourth-order valence-electron chi connectivity index (χ4n) is 0.456. The van der Waals surface area contributed by atoms with E-state index in [4.69, 9.17) is 11.5 Å². The Labute approximate surface area is 103 Å². The first kappa shape index (κ1) is 13.6. The number of carboxylic acid groups (broad SMARTS) is 1. The Kier molecular flexibility index (Phi) is 11.1. The molecule has 0 aliphatic heterocycles. The molecule has 0 radical (unpaired) electrons. The van der Waals surface area contributed by atoms with E-state index in [-0.39, 0.29) is 51.4 Å². The van der Waals surface area contributed by atoms with E-state index in [2.05, 4.69) is 0 Å². The largest absolute Gasteiger partial charge is 1.00 e. The third-order valence-corrected chi connectivity index (χ3v) is 1.02. The quantitative estimate of drug-likeness (QED) is 0.413. The number of hydrogen-bond acceptors (Lipinski definition) is 4. The van der Waals surface area contributed by atoms with E-state index >= 15 is 0 Å². The van der Waals surface area contributed by atoms with Crippen LogP contribution in [0.15, 0.2) is 0 Å². The maximum Gasteiger partial charge on any atom is 1.00 e. The van der Waals surface area contributed by atoms with Gasteiger partial charge in [-0.25, -0.2) is 0 Å². The molecule has 0 heterocycles. The Balaban J connectivity index is 0. The Hall–Kier alpha value is 1.03. The van der Waals surface area contributed by atoms with Crippen LogP contribution in [0.4, 0.5) is 0 Å². The van der Waals surface area contributed by atoms with Gasteiger partial charge in [0, 0.05) is 6.04 Å². The van der Waals surface area contributed by atoms with Crippen LogP contribution in [-0.4, -0.2) is 18.6 Å². The molecule has 0 aliphatic carbocycles. The summed E-state index contributed by atoms with van der Waals surface area (Å²) in [6.45, 7) is 0.473. The van der Waals surface area contributed by atoms with Crippen molar-refractivity contribution in [2.45, 2.75) is 18.9 Å². The van der Waals surface area contributed by atoms with Gasteiger partial charge in [-0.15, -0.1) is 0 Å². The minimum absolute atomic E-state index is 0. The van der Waals surface area contributed by atoms with E-state index in [0.717, 1.165) is 0 Å². The van der Waals surface area contributed by atoms with E-state index < -0.39 is 12.0 Å². The minimum Gasteiger partial charge on any atom is -0.548 e. The summed E-state index contributed by atoms with van der Waals surface area (Å²) < 4.78 is 0. The van der Waals surface area contributed by atoms with Gasteiger partial charge in [0.05, 0.1) is 5.97 Å². The number of carbonyl (C=O) groups is 1. The van der Waals surface area contributed by atoms with Crippen molar-refractivity contribution in [2.75, 3.05) is 6.54 Å². The molecule has 0 fully saturated rings. The maximum atomic E-state index is 9.93. The zero-order valence-corrected chi connectivity index (χ0v) is 9.29. The van der Waals surface area contributed by atoms with Crippen LogP contribution in [0, 0.1) is 0 Å². The molecule has 0 bridgehead atoms. The third-order valence-electron chi connectivity index (χ3n) is 1.02. The van der Waals surface area contributed by atoms with Crippen LogP contribution in [0.5, 0.6) is 0 Å². The van der Waals surface area contributed by atoms with Crippen LogP contribution in [0.1, 0.15) is 12.8 Å². The second-order valence-electron chi connectivity index (χ2n) is 1.86. The van der Waals surface area contributed by atoms with Crippen LogP contribution >= 0.6 is 0 Å². The van der Waals surface area contributed by atoms with Gasteiger partial charge in [-0.1, -0.05) is 0 Å². The number of carbonyl (C=O) groups excluding carboxylic acids is 1. The molecule has 0 saturated heterocycles. The molecule has 4 N–H and O–H groups in total. The zero-order valence-electron chi connectivity index (χ0n) is 6.17. The van der Waals surface area contributed by atoms with Crippen molar-refractivity contribution < 1.29 is 61.3 Å². The Morgan fingerprint density at radius 3 is 2.40 bits per heavy atom. The first-order chi connectivity index (χ1) is 4.18. The molecule has 1 atom stereocenters. The summed E-state index contributed by atoms with van der Waals surface area (Å²) in [5.74, 6) is -1.21. The number of hydrogen-bond donors (Lipinski definition) is 2. The molecule has 0 aromatic heterocycles. The zero-order chi connectivity index (χ0) is 7.28. The molecule has 54 valence electrons. The monoisotopic (exact) mass is 170 g/mol. The van der Waals surface area contributed by atoms with E-state index in [9.17, 15) is 9.90 Å². The molecule has 5 heteroatoms. The molecule has 0 saturated carbocycles. The predicted molar refractivity (Wildman–Crippen MR) is 31.3 cm³/mol. The fourth-order valence-corrected chi connectivity index (χ4v) is 0.456. The number of carboxylic acids is 1. The van der Waals surface area contributed by atoms with Crippen LogP contribution in [0.2, 0.25) is 0 Å². The summed E-state index contributed by atoms with van der Waals surface area (Å²) in [5, 5.41) is 9.93. The molecule has 0 aromatic carbocycles. The number of rotatable bonds is 4. The standard InChI is InChI=1S/C5H12N2O2.K/c6-3-1-2-4(7)5(8)9;/h4H,1-3,6-7H2,(H,8,9);/q;+1/p-1. The Morgan fingerprint density at radius 2 is 2.10 bits per heavy atom. The van der Waals surface area contributed by atoms with Gasteiger partial charge in [0.1, 0.15) is 0 Å². The van der Waals surface area contributed by atoms with Gasteiger partial charge in [-0.05, 0) is 19.4 Å². The van der Waals surface area contributed by atoms with Crippen LogP contribution in [-0.2, 0) is 4.79 Å². The van der Waals surface area contributed by atoms with Gasteiger partial charge in [0.15, 0.2) is 0 Å². The molecule has 10 heavy (non-hydrogen) atoms. The third kappa shape index (κ3) is 7.14. The van der Waals surface area contributed by atoms with Gasteiger partial charge in [0.25, 0.3) is 0 Å². The maximum absolute atomic E-state index is 9.93. The van der Waals surface area contributed by atoms with E-state index in [0.29, 0.717) is 19.4 Å². The second-order valence-corrected chi connectivity index (χ2v) is 1.86. The van der Waals surface area contributed by atoms with E-state index in [1.54, 1.807) is 0 Å². The van der Waals surface area contributed by atoms with Crippen molar-refractivity contribution >= 4 is 5.97 Å². The molecule has 0 rings (SSSR count). The molecular weight excluding hydrogens is 159 g/mol. The fraction of sp³-hybridized carbons (Fsp3) is 0.800. The smallest absolute Gasteiger partial charge is 0.548 e. The summed E-state index contributed by atoms with van der Waals surface area (Å²) in [5.41, 5.74) is 10.2. The first-order valence-corrected chi connectivity index (χ1v) is 2.85. The van der Waals surface area contributed by atoms with Crippen LogP contribution < -0.4 is 68.0 Å². The first-order valence-electron chi connectivity index (χ1n) is 2.85. The van der Waals surface area contributed by atoms with Gasteiger partial charge in [0.2, 0.25) is 0 Å². The van der Waals surface area contributed by atoms with E-state index in [1.165, 1.54) is 0 Å². The Morgan fingerprint density at radius 1 is 1.60 bits per heavy atom. The summed E-state index contributed by atoms with van der Waals surface area (Å²) in [6, 6.07) is -0.853. The van der Waals surface area contributed by atoms with Gasteiger partial charge in [-0.3, -0.25) is 0 Å². The average molecular weight is 170 g/mol. The van der Waals surface area contributed by atoms with Crippen molar-refractivity contribution in [3.05, 3.63) is 0 Å². The molecule has 0 aromatic rings. The molecule has 0 amide bonds. The van der Waals surface area contributed by atoms with Crippen molar-refractivity contribution in [3.63, 3.8) is 0 Å². The number of aliphatic carboxylic acids is 1. The SMILES string of the molecule is NCCCC(N)C(=O)[O-].[K+]. The van der Waals surface area contributed by atoms with Crippen LogP contribution in [0.25, 0.3) is 0 Å². The second kappa shape index (κ2) is 8.13. The normalized spacial score (nSPS) is 11.8. The summed E-state index contributed by atoms with van der Waals surface area (Å²) >= 11 is 0. The molecular formula is C5H11KN2O2. The molecule has 0 aliphatic rings. The summed E-state index contributed by atoms with van der Waals surface area (Å²) in [6.07, 6.45) is 1.04. The van der Waals surface area contributed by atoms with Crippen molar-refractivity contribution in [2.24, 2.45) is 11.5 Å². The predicted octanol–water partition coefficient (Wildman–Crippen LogP) is -5.19. The summed E-state index contributed by atoms with van der Waals surface area (Å²) in [4.78, 5) is 9.93. The molecule has 4 nitrogen and oxygen atoms in total. The van der Waals surface area contributed by atoms with Gasteiger partial charge < -0.3 is 21.4 Å². The van der Waals surface area contributed by atoms with Crippen molar-refractivity contribution in [1.82, 2.24) is 0 Å². The number of nitrogens with two attached hydrogens (primary N) is 2. The molecule has 0 spiro atoms. The topological polar surface area (TPSA) is 92.2 Å². The van der Waals surface area contributed by atoms with E-state index in [1.807, 2.05) is 0 Å².